The highest BCUT2D eigenvalue weighted by atomic mass is 19.4. The van der Waals surface area contributed by atoms with E-state index >= 15 is 0 Å². The van der Waals surface area contributed by atoms with Crippen molar-refractivity contribution < 1.29 is 13.2 Å². The van der Waals surface area contributed by atoms with E-state index < -0.39 is 12.2 Å². The highest BCUT2D eigenvalue weighted by Gasteiger charge is 2.37. The van der Waals surface area contributed by atoms with Gasteiger partial charge in [0, 0.05) is 0 Å². The molecule has 0 aromatic rings. The fraction of sp³-hybridized carbons (Fsp3) is 0.714. The van der Waals surface area contributed by atoms with E-state index in [1.165, 1.54) is 0 Å². The minimum Gasteiger partial charge on any atom is -0.271 e. The van der Waals surface area contributed by atoms with E-state index in [4.69, 9.17) is 5.84 Å². The summed E-state index contributed by atoms with van der Waals surface area (Å²) in [6.07, 6.45) is -1.65. The third-order valence-electron chi connectivity index (χ3n) is 1.50. The lowest BCUT2D eigenvalue weighted by Crippen LogP contribution is -2.45. The zero-order valence-corrected chi connectivity index (χ0v) is 6.69. The van der Waals surface area contributed by atoms with Gasteiger partial charge in [0.25, 0.3) is 0 Å². The van der Waals surface area contributed by atoms with Gasteiger partial charge in [-0.1, -0.05) is 6.08 Å². The average Bonchev–Trinajstić information content (AvgIpc) is 1.95. The highest BCUT2D eigenvalue weighted by molar-refractivity contribution is 4.74. The van der Waals surface area contributed by atoms with Gasteiger partial charge in [0.2, 0.25) is 0 Å². The number of nitrogens with one attached hydrogen (secondary N) is 1. The molecule has 0 saturated heterocycles. The Hall–Kier alpha value is -0.550. The minimum atomic E-state index is -4.25. The van der Waals surface area contributed by atoms with Crippen LogP contribution in [0.4, 0.5) is 13.2 Å². The number of halogens is 3. The van der Waals surface area contributed by atoms with Gasteiger partial charge in [-0.05, 0) is 19.3 Å². The van der Waals surface area contributed by atoms with Gasteiger partial charge < -0.3 is 0 Å². The predicted octanol–water partition coefficient (Wildman–Crippen LogP) is 1.74. The lowest BCUT2D eigenvalue weighted by Gasteiger charge is -2.18. The normalized spacial score (nSPS) is 14.3. The molecule has 0 aliphatic carbocycles. The molecule has 0 bridgehead atoms. The first-order valence-corrected chi connectivity index (χ1v) is 3.66. The lowest BCUT2D eigenvalue weighted by atomic mass is 10.1. The molecule has 5 heteroatoms. The predicted molar refractivity (Wildman–Crippen MR) is 41.2 cm³/mol. The molecule has 0 aromatic heterocycles. The summed E-state index contributed by atoms with van der Waals surface area (Å²) in [4.78, 5) is 0. The van der Waals surface area contributed by atoms with Crippen molar-refractivity contribution in [1.29, 1.82) is 0 Å². The summed E-state index contributed by atoms with van der Waals surface area (Å²) in [6, 6.07) is -1.60. The molecular formula is C7H13F3N2. The van der Waals surface area contributed by atoms with Crippen LogP contribution in [0.3, 0.4) is 0 Å². The Kier molecular flexibility index (Phi) is 4.92. The highest BCUT2D eigenvalue weighted by Crippen LogP contribution is 2.23. The van der Waals surface area contributed by atoms with Crippen molar-refractivity contribution in [3.8, 4) is 0 Å². The largest absolute Gasteiger partial charge is 0.405 e. The molecule has 0 aromatic carbocycles. The molecule has 0 aliphatic rings. The van der Waals surface area contributed by atoms with Gasteiger partial charge in [-0.15, -0.1) is 6.58 Å². The number of unbranched alkanes of at least 4 members (excludes halogenated alkanes) is 1. The molecule has 0 radical (unpaired) electrons. The summed E-state index contributed by atoms with van der Waals surface area (Å²) in [6.45, 7) is 3.41. The molecule has 0 fully saturated rings. The van der Waals surface area contributed by atoms with Crippen LogP contribution in [0.25, 0.3) is 0 Å². The van der Waals surface area contributed by atoms with Crippen LogP contribution in [0.1, 0.15) is 19.3 Å². The van der Waals surface area contributed by atoms with Gasteiger partial charge in [0.1, 0.15) is 6.04 Å². The van der Waals surface area contributed by atoms with E-state index in [0.717, 1.165) is 0 Å². The minimum absolute atomic E-state index is 0.00792. The molecule has 1 atom stereocenters. The molecule has 0 rings (SSSR count). The van der Waals surface area contributed by atoms with Gasteiger partial charge in [-0.25, -0.2) is 5.43 Å². The van der Waals surface area contributed by atoms with Crippen LogP contribution < -0.4 is 11.3 Å². The number of nitrogens with two attached hydrogens (primary N) is 1. The Balaban J connectivity index is 3.75. The summed E-state index contributed by atoms with van der Waals surface area (Å²) < 4.78 is 35.9. The smallest absolute Gasteiger partial charge is 0.271 e. The van der Waals surface area contributed by atoms with Crippen molar-refractivity contribution in [2.75, 3.05) is 0 Å². The SMILES string of the molecule is C=CCCCC(NN)C(F)(F)F. The number of alkyl halides is 3. The van der Waals surface area contributed by atoms with Gasteiger partial charge in [0.05, 0.1) is 0 Å². The molecule has 2 nitrogen and oxygen atoms in total. The van der Waals surface area contributed by atoms with Gasteiger partial charge >= 0.3 is 6.18 Å². The fourth-order valence-corrected chi connectivity index (χ4v) is 0.808. The molecule has 0 amide bonds. The third-order valence-corrected chi connectivity index (χ3v) is 1.50. The van der Waals surface area contributed by atoms with Crippen molar-refractivity contribution in [2.45, 2.75) is 31.5 Å². The molecule has 0 aliphatic heterocycles. The summed E-state index contributed by atoms with van der Waals surface area (Å²) in [5, 5.41) is 0. The molecule has 72 valence electrons. The maximum Gasteiger partial charge on any atom is 0.405 e. The second-order valence-electron chi connectivity index (χ2n) is 2.48. The monoisotopic (exact) mass is 182 g/mol. The lowest BCUT2D eigenvalue weighted by molar-refractivity contribution is -0.157. The number of rotatable bonds is 5. The molecule has 12 heavy (non-hydrogen) atoms. The molecule has 3 N–H and O–H groups in total. The fourth-order valence-electron chi connectivity index (χ4n) is 0.808. The van der Waals surface area contributed by atoms with Crippen molar-refractivity contribution >= 4 is 0 Å². The molecular weight excluding hydrogens is 169 g/mol. The zero-order chi connectivity index (χ0) is 9.61. The molecule has 0 spiro atoms. The molecule has 0 heterocycles. The number of hydrogen-bond donors (Lipinski definition) is 2. The molecule has 1 unspecified atom stereocenters. The van der Waals surface area contributed by atoms with E-state index in [9.17, 15) is 13.2 Å². The van der Waals surface area contributed by atoms with Crippen molar-refractivity contribution in [1.82, 2.24) is 5.43 Å². The third kappa shape index (κ3) is 4.35. The van der Waals surface area contributed by atoms with E-state index in [1.54, 1.807) is 11.5 Å². The Bertz CT molecular complexity index is 133. The average molecular weight is 182 g/mol. The van der Waals surface area contributed by atoms with Gasteiger partial charge in [-0.3, -0.25) is 5.84 Å². The van der Waals surface area contributed by atoms with E-state index in [0.29, 0.717) is 12.8 Å². The van der Waals surface area contributed by atoms with Crippen LogP contribution in [0, 0.1) is 0 Å². The number of allylic oxidation sites excluding steroid dienone is 1. The Labute approximate surface area is 69.6 Å². The topological polar surface area (TPSA) is 38.0 Å². The molecule has 0 saturated carbocycles. The maximum atomic E-state index is 12.0. The first-order chi connectivity index (χ1) is 5.52. The Morgan fingerprint density at radius 1 is 1.50 bits per heavy atom. The van der Waals surface area contributed by atoms with Crippen molar-refractivity contribution in [3.05, 3.63) is 12.7 Å². The van der Waals surface area contributed by atoms with Crippen molar-refractivity contribution in [2.24, 2.45) is 5.84 Å². The van der Waals surface area contributed by atoms with Crippen molar-refractivity contribution in [3.63, 3.8) is 0 Å². The zero-order valence-electron chi connectivity index (χ0n) is 6.69. The van der Waals surface area contributed by atoms with Crippen LogP contribution in [0.2, 0.25) is 0 Å². The van der Waals surface area contributed by atoms with Crippen LogP contribution >= 0.6 is 0 Å². The Morgan fingerprint density at radius 3 is 2.42 bits per heavy atom. The summed E-state index contributed by atoms with van der Waals surface area (Å²) in [5.74, 6) is 4.75. The summed E-state index contributed by atoms with van der Waals surface area (Å²) >= 11 is 0. The first kappa shape index (κ1) is 11.4. The summed E-state index contributed by atoms with van der Waals surface area (Å²) in [7, 11) is 0. The van der Waals surface area contributed by atoms with E-state index in [1.807, 2.05) is 0 Å². The second-order valence-corrected chi connectivity index (χ2v) is 2.48. The Morgan fingerprint density at radius 2 is 2.08 bits per heavy atom. The number of hydrogen-bond acceptors (Lipinski definition) is 2. The summed E-state index contributed by atoms with van der Waals surface area (Å²) in [5.41, 5.74) is 1.74. The van der Waals surface area contributed by atoms with Crippen LogP contribution in [0.5, 0.6) is 0 Å². The van der Waals surface area contributed by atoms with Crippen LogP contribution in [-0.2, 0) is 0 Å². The van der Waals surface area contributed by atoms with E-state index in [2.05, 4.69) is 6.58 Å². The van der Waals surface area contributed by atoms with Gasteiger partial charge in [-0.2, -0.15) is 13.2 Å². The standard InChI is InChI=1S/C7H13F3N2/c1-2-3-4-5-6(12-11)7(8,9)10/h2,6,12H,1,3-5,11H2. The van der Waals surface area contributed by atoms with E-state index in [-0.39, 0.29) is 6.42 Å². The second kappa shape index (κ2) is 5.16. The van der Waals surface area contributed by atoms with Gasteiger partial charge in [0.15, 0.2) is 0 Å². The quantitative estimate of drug-likeness (QED) is 0.294. The van der Waals surface area contributed by atoms with Crippen LogP contribution in [0.15, 0.2) is 12.7 Å². The maximum absolute atomic E-state index is 12.0. The number of hydrazine groups is 1. The van der Waals surface area contributed by atoms with Crippen LogP contribution in [-0.4, -0.2) is 12.2 Å². The first-order valence-electron chi connectivity index (χ1n) is 3.66.